The standard InChI is InChI=1S/2C14H18N6O/c2*15-14-18-12(17-9-2-3-9)11-13(19-14)20(7-16-11)10-4-1-8(5-10)6-21/h2*1,4,7-10,21H,2-3,5-6H2,(H3,15,17,18,19)/t2*8-,10?/m11/s1. The second-order valence-electron chi connectivity index (χ2n) is 11.6. The minimum Gasteiger partial charge on any atom is -0.396 e. The summed E-state index contributed by atoms with van der Waals surface area (Å²) in [6, 6.07) is 1.29. The summed E-state index contributed by atoms with van der Waals surface area (Å²) in [4.78, 5) is 26.2. The Morgan fingerprint density at radius 1 is 0.667 bits per heavy atom. The normalized spacial score (nSPS) is 24.8. The van der Waals surface area contributed by atoms with E-state index in [1.807, 2.05) is 21.3 Å². The molecule has 0 aromatic carbocycles. The number of hydrogen-bond donors (Lipinski definition) is 6. The molecule has 2 fully saturated rings. The smallest absolute Gasteiger partial charge is 0.224 e. The molecule has 4 heterocycles. The van der Waals surface area contributed by atoms with Gasteiger partial charge in [0.25, 0.3) is 0 Å². The number of aliphatic hydroxyl groups excluding tert-OH is 2. The Bertz CT molecular complexity index is 1530. The predicted octanol–water partition coefficient (Wildman–Crippen LogP) is 2.18. The minimum atomic E-state index is 0.162. The van der Waals surface area contributed by atoms with Crippen LogP contribution in [0.5, 0.6) is 0 Å². The maximum Gasteiger partial charge on any atom is 0.224 e. The van der Waals surface area contributed by atoms with Crippen LogP contribution in [0.3, 0.4) is 0 Å². The van der Waals surface area contributed by atoms with E-state index >= 15 is 0 Å². The summed E-state index contributed by atoms with van der Waals surface area (Å²) >= 11 is 0. The van der Waals surface area contributed by atoms with E-state index in [0.29, 0.717) is 12.1 Å². The number of aromatic nitrogens is 8. The first-order chi connectivity index (χ1) is 20.5. The van der Waals surface area contributed by atoms with Crippen molar-refractivity contribution in [3.05, 3.63) is 37.0 Å². The molecule has 2 unspecified atom stereocenters. The molecule has 4 aromatic rings. The summed E-state index contributed by atoms with van der Waals surface area (Å²) < 4.78 is 4.02. The number of anilines is 4. The van der Waals surface area contributed by atoms with E-state index in [9.17, 15) is 10.2 Å². The van der Waals surface area contributed by atoms with Crippen LogP contribution in [-0.4, -0.2) is 74.5 Å². The molecule has 0 bridgehead atoms. The fraction of sp³-hybridized carbons (Fsp3) is 0.500. The van der Waals surface area contributed by atoms with Crippen molar-refractivity contribution in [2.75, 3.05) is 35.3 Å². The van der Waals surface area contributed by atoms with Gasteiger partial charge in [0.2, 0.25) is 11.9 Å². The largest absolute Gasteiger partial charge is 0.396 e. The van der Waals surface area contributed by atoms with Gasteiger partial charge in [-0.3, -0.25) is 0 Å². The minimum absolute atomic E-state index is 0.162. The van der Waals surface area contributed by atoms with Crippen molar-refractivity contribution in [1.29, 1.82) is 0 Å². The van der Waals surface area contributed by atoms with E-state index in [1.54, 1.807) is 12.7 Å². The number of nitrogen functional groups attached to an aromatic ring is 2. The summed E-state index contributed by atoms with van der Waals surface area (Å²) in [6.45, 7) is 0.344. The monoisotopic (exact) mass is 572 g/mol. The van der Waals surface area contributed by atoms with Crippen LogP contribution in [0.2, 0.25) is 0 Å². The van der Waals surface area contributed by atoms with Gasteiger partial charge in [0.15, 0.2) is 34.0 Å². The zero-order valence-electron chi connectivity index (χ0n) is 23.2. The summed E-state index contributed by atoms with van der Waals surface area (Å²) in [5.41, 5.74) is 14.7. The second-order valence-corrected chi connectivity index (χ2v) is 11.6. The number of fused-ring (bicyclic) bond motifs is 2. The van der Waals surface area contributed by atoms with Gasteiger partial charge in [0.1, 0.15) is 0 Å². The van der Waals surface area contributed by atoms with Crippen LogP contribution < -0.4 is 22.1 Å². The van der Waals surface area contributed by atoms with E-state index in [0.717, 1.165) is 72.5 Å². The highest BCUT2D eigenvalue weighted by Crippen LogP contribution is 2.34. The number of nitrogens with one attached hydrogen (secondary N) is 2. The van der Waals surface area contributed by atoms with Gasteiger partial charge in [-0.1, -0.05) is 24.3 Å². The molecule has 0 spiro atoms. The molecule has 2 saturated carbocycles. The average molecular weight is 573 g/mol. The van der Waals surface area contributed by atoms with Gasteiger partial charge in [-0.05, 0) is 38.5 Å². The van der Waals surface area contributed by atoms with Crippen molar-refractivity contribution in [3.63, 3.8) is 0 Å². The Hall–Kier alpha value is -4.30. The molecule has 14 heteroatoms. The van der Waals surface area contributed by atoms with Crippen LogP contribution in [0.25, 0.3) is 22.3 Å². The molecule has 4 aliphatic rings. The number of hydrogen-bond acceptors (Lipinski definition) is 12. The van der Waals surface area contributed by atoms with E-state index in [4.69, 9.17) is 11.5 Å². The van der Waals surface area contributed by atoms with Crippen molar-refractivity contribution < 1.29 is 10.2 Å². The van der Waals surface area contributed by atoms with Crippen molar-refractivity contribution in [2.45, 2.75) is 62.7 Å². The van der Waals surface area contributed by atoms with E-state index in [1.165, 1.54) is 0 Å². The molecule has 0 aliphatic heterocycles. The zero-order valence-corrected chi connectivity index (χ0v) is 23.2. The summed E-state index contributed by atoms with van der Waals surface area (Å²) in [5, 5.41) is 25.2. The third kappa shape index (κ3) is 5.34. The molecule has 4 aliphatic carbocycles. The summed E-state index contributed by atoms with van der Waals surface area (Å²) in [7, 11) is 0. The van der Waals surface area contributed by atoms with Gasteiger partial charge < -0.3 is 41.4 Å². The van der Waals surface area contributed by atoms with E-state index < -0.39 is 0 Å². The molecule has 14 nitrogen and oxygen atoms in total. The van der Waals surface area contributed by atoms with Crippen molar-refractivity contribution in [3.8, 4) is 0 Å². The number of aliphatic hydroxyl groups is 2. The average Bonchev–Trinajstić information content (AvgIpc) is 3.70. The maximum atomic E-state index is 9.26. The fourth-order valence-electron chi connectivity index (χ4n) is 5.58. The molecule has 0 saturated heterocycles. The third-order valence-electron chi connectivity index (χ3n) is 8.20. The summed E-state index contributed by atoms with van der Waals surface area (Å²) in [5.74, 6) is 2.37. The molecule has 4 aromatic heterocycles. The SMILES string of the molecule is Nc1nc(NC2CC2)c2ncn(C3C=C[C@@H](CO)C3)c2n1.Nc1nc(NC2CC2)c2ncn(C3C=C[C@@H](CO)C3)c2n1. The topological polar surface area (TPSA) is 204 Å². The van der Waals surface area contributed by atoms with Gasteiger partial charge in [-0.25, -0.2) is 9.97 Å². The fourth-order valence-corrected chi connectivity index (χ4v) is 5.58. The van der Waals surface area contributed by atoms with Gasteiger partial charge in [-0.2, -0.15) is 19.9 Å². The number of nitrogens with zero attached hydrogens (tertiary/aromatic N) is 8. The van der Waals surface area contributed by atoms with Crippen molar-refractivity contribution in [1.82, 2.24) is 39.0 Å². The van der Waals surface area contributed by atoms with Crippen LogP contribution in [0.4, 0.5) is 23.5 Å². The van der Waals surface area contributed by atoms with Gasteiger partial charge in [-0.15, -0.1) is 0 Å². The van der Waals surface area contributed by atoms with Crippen molar-refractivity contribution in [2.24, 2.45) is 11.8 Å². The molecule has 42 heavy (non-hydrogen) atoms. The second kappa shape index (κ2) is 10.8. The van der Waals surface area contributed by atoms with Crippen LogP contribution in [-0.2, 0) is 0 Å². The highest BCUT2D eigenvalue weighted by Gasteiger charge is 2.27. The van der Waals surface area contributed by atoms with Gasteiger partial charge in [0.05, 0.1) is 24.7 Å². The van der Waals surface area contributed by atoms with E-state index in [2.05, 4.69) is 52.7 Å². The molecule has 8 rings (SSSR count). The van der Waals surface area contributed by atoms with Crippen LogP contribution in [0.1, 0.15) is 50.6 Å². The van der Waals surface area contributed by atoms with Crippen LogP contribution in [0.15, 0.2) is 37.0 Å². The zero-order chi connectivity index (χ0) is 28.8. The number of nitrogens with two attached hydrogens (primary N) is 2. The first-order valence-electron chi connectivity index (χ1n) is 14.6. The third-order valence-corrected chi connectivity index (χ3v) is 8.20. The lowest BCUT2D eigenvalue weighted by atomic mass is 10.1. The highest BCUT2D eigenvalue weighted by molar-refractivity contribution is 5.85. The molecule has 0 amide bonds. The number of allylic oxidation sites excluding steroid dienone is 2. The van der Waals surface area contributed by atoms with E-state index in [-0.39, 0.29) is 49.0 Å². The quantitative estimate of drug-likeness (QED) is 0.168. The summed E-state index contributed by atoms with van der Waals surface area (Å²) in [6.07, 6.45) is 18.2. The first kappa shape index (κ1) is 26.6. The predicted molar refractivity (Wildman–Crippen MR) is 159 cm³/mol. The molecule has 8 N–H and O–H groups in total. The number of rotatable bonds is 8. The molecule has 0 radical (unpaired) electrons. The molecule has 220 valence electrons. The Labute approximate surface area is 242 Å². The number of imidazole rings is 2. The molecular formula is C28H36N12O2. The Balaban J connectivity index is 0.000000137. The lowest BCUT2D eigenvalue weighted by Gasteiger charge is -2.13. The maximum absolute atomic E-state index is 9.26. The first-order valence-corrected chi connectivity index (χ1v) is 14.6. The van der Waals surface area contributed by atoms with Crippen molar-refractivity contribution >= 4 is 45.9 Å². The highest BCUT2D eigenvalue weighted by atomic mass is 16.3. The van der Waals surface area contributed by atoms with Crippen LogP contribution in [0, 0.1) is 11.8 Å². The molecular weight excluding hydrogens is 536 g/mol. The Kier molecular flexibility index (Phi) is 6.86. The van der Waals surface area contributed by atoms with Gasteiger partial charge >= 0.3 is 0 Å². The Morgan fingerprint density at radius 2 is 1.10 bits per heavy atom. The Morgan fingerprint density at radius 3 is 1.45 bits per heavy atom. The lowest BCUT2D eigenvalue weighted by Crippen LogP contribution is -2.10. The van der Waals surface area contributed by atoms with Gasteiger partial charge in [0, 0.05) is 37.1 Å². The molecule has 4 atom stereocenters. The van der Waals surface area contributed by atoms with Crippen LogP contribution >= 0.6 is 0 Å². The lowest BCUT2D eigenvalue weighted by molar-refractivity contribution is 0.244.